The molecule has 0 saturated heterocycles. The summed E-state index contributed by atoms with van der Waals surface area (Å²) in [6, 6.07) is 6.23. The summed E-state index contributed by atoms with van der Waals surface area (Å²) in [5, 5.41) is 4.31. The Morgan fingerprint density at radius 3 is 2.89 bits per heavy atom. The molecule has 2 aliphatic rings. The first kappa shape index (κ1) is 13.2. The van der Waals surface area contributed by atoms with Gasteiger partial charge in [0.1, 0.15) is 11.4 Å². The fraction of sp³-hybridized carbons (Fsp3) is 0.600. The van der Waals surface area contributed by atoms with Crippen LogP contribution in [-0.2, 0) is 4.74 Å². The van der Waals surface area contributed by atoms with Crippen LogP contribution in [0.4, 0.5) is 0 Å². The Balaban J connectivity index is 1.87. The predicted molar refractivity (Wildman–Crippen MR) is 75.9 cm³/mol. The molecule has 19 heavy (non-hydrogen) atoms. The third kappa shape index (κ3) is 2.35. The maximum absolute atomic E-state index is 6.24. The summed E-state index contributed by atoms with van der Waals surface area (Å²) in [7, 11) is 1.77. The molecule has 3 rings (SSSR count). The Labute approximate surface area is 119 Å². The summed E-state index contributed by atoms with van der Waals surface area (Å²) in [6.45, 7) is 3.07. The second kappa shape index (κ2) is 4.97. The predicted octanol–water partition coefficient (Wildman–Crippen LogP) is 3.32. The summed E-state index contributed by atoms with van der Waals surface area (Å²) in [5.74, 6) is 0.969. The SMILES string of the molecule is CCNC1CC2(CC(OC)C2)Oc2ccc(Cl)cc21. The number of halogens is 1. The van der Waals surface area contributed by atoms with E-state index in [-0.39, 0.29) is 5.60 Å². The van der Waals surface area contributed by atoms with E-state index in [1.165, 1.54) is 5.56 Å². The van der Waals surface area contributed by atoms with Crippen molar-refractivity contribution in [2.45, 2.75) is 43.9 Å². The zero-order chi connectivity index (χ0) is 13.5. The average molecular weight is 282 g/mol. The summed E-state index contributed by atoms with van der Waals surface area (Å²) < 4.78 is 11.6. The molecule has 1 unspecified atom stereocenters. The lowest BCUT2D eigenvalue weighted by molar-refractivity contribution is -0.126. The first-order valence-corrected chi connectivity index (χ1v) is 7.28. The van der Waals surface area contributed by atoms with Gasteiger partial charge in [0.05, 0.1) is 6.10 Å². The van der Waals surface area contributed by atoms with Crippen LogP contribution in [-0.4, -0.2) is 25.4 Å². The van der Waals surface area contributed by atoms with Gasteiger partial charge >= 0.3 is 0 Å². The van der Waals surface area contributed by atoms with Crippen LogP contribution in [0.15, 0.2) is 18.2 Å². The van der Waals surface area contributed by atoms with Crippen molar-refractivity contribution in [3.63, 3.8) is 0 Å². The summed E-state index contributed by atoms with van der Waals surface area (Å²) in [4.78, 5) is 0. The second-order valence-corrected chi connectivity index (χ2v) is 5.98. The van der Waals surface area contributed by atoms with Crippen LogP contribution in [0.1, 0.15) is 37.8 Å². The molecule has 1 atom stereocenters. The van der Waals surface area contributed by atoms with Crippen LogP contribution in [0.2, 0.25) is 5.02 Å². The highest BCUT2D eigenvalue weighted by Crippen LogP contribution is 2.50. The molecule has 1 aliphatic heterocycles. The molecule has 1 saturated carbocycles. The standard InChI is InChI=1S/C15H20ClNO2/c1-3-17-13-9-15(7-11(8-15)18-2)19-14-5-4-10(16)6-12(13)14/h4-6,11,13,17H,3,7-9H2,1-2H3. The average Bonchev–Trinajstić information content (AvgIpc) is 2.36. The van der Waals surface area contributed by atoms with Gasteiger partial charge in [-0.1, -0.05) is 18.5 Å². The van der Waals surface area contributed by atoms with Gasteiger partial charge < -0.3 is 14.8 Å². The Hall–Kier alpha value is -0.770. The van der Waals surface area contributed by atoms with Crippen molar-refractivity contribution in [2.75, 3.05) is 13.7 Å². The molecule has 1 N–H and O–H groups in total. The number of methoxy groups -OCH3 is 1. The molecule has 0 bridgehead atoms. The molecular weight excluding hydrogens is 262 g/mol. The van der Waals surface area contributed by atoms with Crippen molar-refractivity contribution in [3.05, 3.63) is 28.8 Å². The Bertz CT molecular complexity index is 471. The lowest BCUT2D eigenvalue weighted by Crippen LogP contribution is -2.56. The van der Waals surface area contributed by atoms with E-state index in [1.807, 2.05) is 18.2 Å². The van der Waals surface area contributed by atoms with Gasteiger partial charge in [-0.05, 0) is 24.7 Å². The molecule has 1 fully saturated rings. The third-order valence-electron chi connectivity index (χ3n) is 4.23. The van der Waals surface area contributed by atoms with Crippen LogP contribution < -0.4 is 10.1 Å². The Morgan fingerprint density at radius 2 is 2.21 bits per heavy atom. The van der Waals surface area contributed by atoms with Crippen LogP contribution in [0.3, 0.4) is 0 Å². The fourth-order valence-corrected chi connectivity index (χ4v) is 3.44. The van der Waals surface area contributed by atoms with Crippen molar-refractivity contribution in [3.8, 4) is 5.75 Å². The largest absolute Gasteiger partial charge is 0.487 e. The molecule has 1 heterocycles. The number of nitrogens with one attached hydrogen (secondary N) is 1. The number of rotatable bonds is 3. The van der Waals surface area contributed by atoms with E-state index >= 15 is 0 Å². The van der Waals surface area contributed by atoms with Gasteiger partial charge in [0.2, 0.25) is 0 Å². The van der Waals surface area contributed by atoms with E-state index in [0.29, 0.717) is 12.1 Å². The van der Waals surface area contributed by atoms with Crippen molar-refractivity contribution < 1.29 is 9.47 Å². The van der Waals surface area contributed by atoms with Gasteiger partial charge in [-0.2, -0.15) is 0 Å². The summed E-state index contributed by atoms with van der Waals surface area (Å²) in [5.41, 5.74) is 1.13. The second-order valence-electron chi connectivity index (χ2n) is 5.55. The van der Waals surface area contributed by atoms with Gasteiger partial charge in [-0.15, -0.1) is 0 Å². The molecule has 1 aromatic rings. The highest BCUT2D eigenvalue weighted by atomic mass is 35.5. The van der Waals surface area contributed by atoms with E-state index in [1.54, 1.807) is 7.11 Å². The van der Waals surface area contributed by atoms with Crippen LogP contribution in [0, 0.1) is 0 Å². The topological polar surface area (TPSA) is 30.5 Å². The molecule has 0 amide bonds. The number of fused-ring (bicyclic) bond motifs is 1. The molecule has 0 aromatic heterocycles. The van der Waals surface area contributed by atoms with Gasteiger partial charge in [-0.25, -0.2) is 0 Å². The number of hydrogen-bond acceptors (Lipinski definition) is 3. The van der Waals surface area contributed by atoms with Crippen LogP contribution in [0.25, 0.3) is 0 Å². The monoisotopic (exact) mass is 281 g/mol. The van der Waals surface area contributed by atoms with E-state index in [2.05, 4.69) is 12.2 Å². The normalized spacial score (nSPS) is 32.6. The maximum Gasteiger partial charge on any atom is 0.125 e. The molecule has 1 aliphatic carbocycles. The highest BCUT2D eigenvalue weighted by Gasteiger charge is 2.50. The smallest absolute Gasteiger partial charge is 0.125 e. The zero-order valence-corrected chi connectivity index (χ0v) is 12.2. The van der Waals surface area contributed by atoms with Gasteiger partial charge in [0.25, 0.3) is 0 Å². The van der Waals surface area contributed by atoms with Crippen molar-refractivity contribution in [1.29, 1.82) is 0 Å². The molecular formula is C15H20ClNO2. The van der Waals surface area contributed by atoms with Gasteiger partial charge in [0, 0.05) is 43.0 Å². The minimum absolute atomic E-state index is 0.0473. The number of ether oxygens (including phenoxy) is 2. The number of benzene rings is 1. The third-order valence-corrected chi connectivity index (χ3v) is 4.47. The Morgan fingerprint density at radius 1 is 1.42 bits per heavy atom. The highest BCUT2D eigenvalue weighted by molar-refractivity contribution is 6.30. The van der Waals surface area contributed by atoms with Crippen molar-refractivity contribution >= 4 is 11.6 Å². The maximum atomic E-state index is 6.24. The minimum Gasteiger partial charge on any atom is -0.487 e. The fourth-order valence-electron chi connectivity index (χ4n) is 3.26. The van der Waals surface area contributed by atoms with E-state index in [9.17, 15) is 0 Å². The van der Waals surface area contributed by atoms with E-state index < -0.39 is 0 Å². The lowest BCUT2D eigenvalue weighted by atomic mass is 9.71. The van der Waals surface area contributed by atoms with Gasteiger partial charge in [0.15, 0.2) is 0 Å². The minimum atomic E-state index is -0.0473. The molecule has 104 valence electrons. The zero-order valence-electron chi connectivity index (χ0n) is 11.4. The van der Waals surface area contributed by atoms with E-state index in [0.717, 1.165) is 36.6 Å². The molecule has 1 spiro atoms. The molecule has 4 heteroatoms. The summed E-state index contributed by atoms with van der Waals surface area (Å²) >= 11 is 6.10. The number of hydrogen-bond donors (Lipinski definition) is 1. The lowest BCUT2D eigenvalue weighted by Gasteiger charge is -2.51. The van der Waals surface area contributed by atoms with Crippen LogP contribution >= 0.6 is 11.6 Å². The Kier molecular flexibility index (Phi) is 3.46. The van der Waals surface area contributed by atoms with Crippen molar-refractivity contribution in [1.82, 2.24) is 5.32 Å². The van der Waals surface area contributed by atoms with Crippen molar-refractivity contribution in [2.24, 2.45) is 0 Å². The molecule has 0 radical (unpaired) electrons. The molecule has 3 nitrogen and oxygen atoms in total. The van der Waals surface area contributed by atoms with Crippen LogP contribution in [0.5, 0.6) is 5.75 Å². The first-order valence-electron chi connectivity index (χ1n) is 6.90. The van der Waals surface area contributed by atoms with Gasteiger partial charge in [-0.3, -0.25) is 0 Å². The molecule has 1 aromatic carbocycles. The quantitative estimate of drug-likeness (QED) is 0.922. The van der Waals surface area contributed by atoms with E-state index in [4.69, 9.17) is 21.1 Å². The summed E-state index contributed by atoms with van der Waals surface area (Å²) in [6.07, 6.45) is 3.30. The first-order chi connectivity index (χ1) is 9.15.